The van der Waals surface area contributed by atoms with Crippen molar-refractivity contribution in [1.29, 1.82) is 5.26 Å². The number of aromatic nitrogens is 1. The Morgan fingerprint density at radius 1 is 1.13 bits per heavy atom. The van der Waals surface area contributed by atoms with Crippen LogP contribution >= 0.6 is 0 Å². The molecule has 0 saturated carbocycles. The van der Waals surface area contributed by atoms with Gasteiger partial charge >= 0.3 is 0 Å². The number of rotatable bonds is 9. The molecule has 0 bridgehead atoms. The third-order valence-corrected chi connectivity index (χ3v) is 5.09. The molecule has 0 unspecified atom stereocenters. The zero-order valence-corrected chi connectivity index (χ0v) is 15.7. The normalized spacial score (nSPS) is 14.5. The van der Waals surface area contributed by atoms with Gasteiger partial charge in [-0.05, 0) is 52.2 Å². The number of hydrogen-bond acceptors (Lipinski definition) is 3. The standard InChI is InChI=1S/C20H33N3/c1-7-18(8-2)20(15-21,19-11-9-10-13-22-19)12-14-23(16(3)4)17(5)6/h9-11,13,16-18H,7-8,12,14H2,1-6H3/t20-/m1/s1. The smallest absolute Gasteiger partial charge is 0.103 e. The molecule has 1 aromatic heterocycles. The van der Waals surface area contributed by atoms with Gasteiger partial charge in [0.2, 0.25) is 0 Å². The van der Waals surface area contributed by atoms with Crippen LogP contribution in [0.4, 0.5) is 0 Å². The van der Waals surface area contributed by atoms with Crippen LogP contribution in [0.5, 0.6) is 0 Å². The maximum atomic E-state index is 10.1. The second-order valence-electron chi connectivity index (χ2n) is 6.99. The highest BCUT2D eigenvalue weighted by atomic mass is 15.2. The zero-order valence-electron chi connectivity index (χ0n) is 15.7. The first kappa shape index (κ1) is 19.6. The summed E-state index contributed by atoms with van der Waals surface area (Å²) in [5.41, 5.74) is 0.441. The Kier molecular flexibility index (Phi) is 7.72. The molecular weight excluding hydrogens is 282 g/mol. The Hall–Kier alpha value is -1.40. The molecule has 3 heteroatoms. The zero-order chi connectivity index (χ0) is 17.5. The average Bonchev–Trinajstić information content (AvgIpc) is 2.54. The monoisotopic (exact) mass is 315 g/mol. The first-order valence-corrected chi connectivity index (χ1v) is 9.01. The fourth-order valence-corrected chi connectivity index (χ4v) is 3.78. The number of hydrogen-bond donors (Lipinski definition) is 0. The summed E-state index contributed by atoms with van der Waals surface area (Å²) in [5.74, 6) is 0.337. The molecule has 128 valence electrons. The van der Waals surface area contributed by atoms with Crippen molar-refractivity contribution >= 4 is 0 Å². The second-order valence-corrected chi connectivity index (χ2v) is 6.99. The molecule has 1 atom stereocenters. The van der Waals surface area contributed by atoms with Gasteiger partial charge in [-0.1, -0.05) is 32.8 Å². The lowest BCUT2D eigenvalue weighted by atomic mass is 9.68. The predicted molar refractivity (Wildman–Crippen MR) is 97.2 cm³/mol. The van der Waals surface area contributed by atoms with Gasteiger partial charge in [-0.3, -0.25) is 9.88 Å². The van der Waals surface area contributed by atoms with E-state index in [4.69, 9.17) is 0 Å². The molecule has 0 aliphatic carbocycles. The maximum Gasteiger partial charge on any atom is 0.103 e. The molecule has 1 heterocycles. The van der Waals surface area contributed by atoms with E-state index in [0.29, 0.717) is 18.0 Å². The molecule has 0 amide bonds. The lowest BCUT2D eigenvalue weighted by Gasteiger charge is -2.38. The summed E-state index contributed by atoms with van der Waals surface area (Å²) in [6.45, 7) is 14.2. The van der Waals surface area contributed by atoms with E-state index in [1.807, 2.05) is 24.4 Å². The Morgan fingerprint density at radius 2 is 1.74 bits per heavy atom. The Morgan fingerprint density at radius 3 is 2.13 bits per heavy atom. The van der Waals surface area contributed by atoms with Crippen molar-refractivity contribution in [2.24, 2.45) is 5.92 Å². The van der Waals surface area contributed by atoms with Crippen LogP contribution in [0, 0.1) is 17.2 Å². The van der Waals surface area contributed by atoms with E-state index in [0.717, 1.165) is 31.5 Å². The van der Waals surface area contributed by atoms with E-state index < -0.39 is 5.41 Å². The largest absolute Gasteiger partial charge is 0.298 e. The maximum absolute atomic E-state index is 10.1. The fraction of sp³-hybridized carbons (Fsp3) is 0.700. The van der Waals surface area contributed by atoms with Gasteiger partial charge in [-0.15, -0.1) is 0 Å². The van der Waals surface area contributed by atoms with Gasteiger partial charge in [0.1, 0.15) is 5.41 Å². The van der Waals surface area contributed by atoms with E-state index >= 15 is 0 Å². The van der Waals surface area contributed by atoms with E-state index in [1.54, 1.807) is 0 Å². The number of pyridine rings is 1. The van der Waals surface area contributed by atoms with Crippen LogP contribution in [0.3, 0.4) is 0 Å². The van der Waals surface area contributed by atoms with Crippen LogP contribution in [0.25, 0.3) is 0 Å². The quantitative estimate of drug-likeness (QED) is 0.658. The summed E-state index contributed by atoms with van der Waals surface area (Å²) >= 11 is 0. The highest BCUT2D eigenvalue weighted by molar-refractivity contribution is 5.28. The molecule has 0 aliphatic heterocycles. The third-order valence-electron chi connectivity index (χ3n) is 5.09. The van der Waals surface area contributed by atoms with Crippen LogP contribution in [0.15, 0.2) is 24.4 Å². The van der Waals surface area contributed by atoms with Crippen molar-refractivity contribution in [3.8, 4) is 6.07 Å². The van der Waals surface area contributed by atoms with E-state index in [9.17, 15) is 5.26 Å². The van der Waals surface area contributed by atoms with E-state index in [1.165, 1.54) is 0 Å². The Labute approximate surface area is 142 Å². The molecule has 0 N–H and O–H groups in total. The van der Waals surface area contributed by atoms with Gasteiger partial charge in [-0.2, -0.15) is 5.26 Å². The highest BCUT2D eigenvalue weighted by Crippen LogP contribution is 2.38. The van der Waals surface area contributed by atoms with E-state index in [2.05, 4.69) is 57.5 Å². The molecule has 0 aliphatic rings. The van der Waals surface area contributed by atoms with Gasteiger partial charge in [0.15, 0.2) is 0 Å². The molecule has 1 aromatic rings. The lowest BCUT2D eigenvalue weighted by Crippen LogP contribution is -2.43. The molecular formula is C20H33N3. The van der Waals surface area contributed by atoms with Crippen molar-refractivity contribution in [2.45, 2.75) is 78.3 Å². The summed E-state index contributed by atoms with van der Waals surface area (Å²) < 4.78 is 0. The summed E-state index contributed by atoms with van der Waals surface area (Å²) in [6.07, 6.45) is 4.66. The molecule has 23 heavy (non-hydrogen) atoms. The van der Waals surface area contributed by atoms with Crippen molar-refractivity contribution in [2.75, 3.05) is 6.54 Å². The van der Waals surface area contributed by atoms with E-state index in [-0.39, 0.29) is 0 Å². The van der Waals surface area contributed by atoms with Crippen molar-refractivity contribution in [3.05, 3.63) is 30.1 Å². The topological polar surface area (TPSA) is 39.9 Å². The lowest BCUT2D eigenvalue weighted by molar-refractivity contribution is 0.149. The molecule has 0 radical (unpaired) electrons. The molecule has 0 spiro atoms. The fourth-order valence-electron chi connectivity index (χ4n) is 3.78. The van der Waals surface area contributed by atoms with Crippen molar-refractivity contribution < 1.29 is 0 Å². The van der Waals surface area contributed by atoms with Crippen LogP contribution < -0.4 is 0 Å². The van der Waals surface area contributed by atoms with Gasteiger partial charge in [0.25, 0.3) is 0 Å². The first-order chi connectivity index (χ1) is 10.9. The SMILES string of the molecule is CCC(CC)[C@](C#N)(CCN(C(C)C)C(C)C)c1ccccn1. The van der Waals surface area contributed by atoms with Crippen molar-refractivity contribution in [1.82, 2.24) is 9.88 Å². The third kappa shape index (κ3) is 4.54. The predicted octanol–water partition coefficient (Wildman–Crippen LogP) is 4.79. The average molecular weight is 316 g/mol. The summed E-state index contributed by atoms with van der Waals surface area (Å²) in [7, 11) is 0. The summed E-state index contributed by atoms with van der Waals surface area (Å²) in [5, 5.41) is 10.1. The molecule has 0 saturated heterocycles. The minimum atomic E-state index is -0.493. The molecule has 0 aromatic carbocycles. The van der Waals surface area contributed by atoms with Crippen LogP contribution in [-0.2, 0) is 5.41 Å². The van der Waals surface area contributed by atoms with Crippen LogP contribution in [-0.4, -0.2) is 28.5 Å². The highest BCUT2D eigenvalue weighted by Gasteiger charge is 2.40. The molecule has 3 nitrogen and oxygen atoms in total. The Bertz CT molecular complexity index is 477. The summed E-state index contributed by atoms with van der Waals surface area (Å²) in [4.78, 5) is 7.04. The van der Waals surface area contributed by atoms with Gasteiger partial charge in [0, 0.05) is 24.8 Å². The van der Waals surface area contributed by atoms with Crippen LogP contribution in [0.2, 0.25) is 0 Å². The molecule has 0 fully saturated rings. The van der Waals surface area contributed by atoms with Gasteiger partial charge in [-0.25, -0.2) is 0 Å². The number of nitrogens with zero attached hydrogens (tertiary/aromatic N) is 3. The van der Waals surface area contributed by atoms with Gasteiger partial charge < -0.3 is 0 Å². The van der Waals surface area contributed by atoms with Crippen molar-refractivity contribution in [3.63, 3.8) is 0 Å². The minimum absolute atomic E-state index is 0.337. The molecule has 1 rings (SSSR count). The second kappa shape index (κ2) is 9.03. The number of nitriles is 1. The van der Waals surface area contributed by atoms with Gasteiger partial charge in [0.05, 0.1) is 11.8 Å². The van der Waals surface area contributed by atoms with Crippen LogP contribution in [0.1, 0.15) is 66.5 Å². The summed E-state index contributed by atoms with van der Waals surface area (Å²) in [6, 6.07) is 9.59. The minimum Gasteiger partial charge on any atom is -0.298 e. The first-order valence-electron chi connectivity index (χ1n) is 9.01. The Balaban J connectivity index is 3.17.